The average Bonchev–Trinajstić information content (AvgIpc) is 2.02. The fourth-order valence-electron chi connectivity index (χ4n) is 0.727. The standard InChI is InChI=1S/C8H5Cl3O2/c9-5-1-2-7(6(10)3-5)13-4-8(11)12/h1-3H,4H2. The summed E-state index contributed by atoms with van der Waals surface area (Å²) in [6, 6.07) is 4.71. The van der Waals surface area contributed by atoms with Gasteiger partial charge < -0.3 is 4.74 Å². The van der Waals surface area contributed by atoms with Crippen LogP contribution in [0, 0.1) is 0 Å². The molecule has 0 atom stereocenters. The van der Waals surface area contributed by atoms with Gasteiger partial charge in [-0.1, -0.05) is 23.2 Å². The molecule has 1 aromatic carbocycles. The van der Waals surface area contributed by atoms with E-state index in [2.05, 4.69) is 0 Å². The second-order valence-electron chi connectivity index (χ2n) is 2.22. The van der Waals surface area contributed by atoms with Gasteiger partial charge in [0, 0.05) is 5.02 Å². The van der Waals surface area contributed by atoms with Gasteiger partial charge in [0.25, 0.3) is 5.24 Å². The van der Waals surface area contributed by atoms with Crippen LogP contribution >= 0.6 is 34.8 Å². The summed E-state index contributed by atoms with van der Waals surface area (Å²) < 4.78 is 4.98. The van der Waals surface area contributed by atoms with Crippen LogP contribution in [0.4, 0.5) is 0 Å². The van der Waals surface area contributed by atoms with Gasteiger partial charge in [-0.2, -0.15) is 0 Å². The first kappa shape index (κ1) is 10.6. The average molecular weight is 239 g/mol. The van der Waals surface area contributed by atoms with Crippen LogP contribution in [0.25, 0.3) is 0 Å². The number of rotatable bonds is 3. The number of carbonyl (C=O) groups is 1. The Hall–Kier alpha value is -0.440. The van der Waals surface area contributed by atoms with Gasteiger partial charge in [0.05, 0.1) is 5.02 Å². The minimum Gasteiger partial charge on any atom is -0.483 e. The topological polar surface area (TPSA) is 26.3 Å². The fourth-order valence-corrected chi connectivity index (χ4v) is 1.24. The maximum atomic E-state index is 10.4. The first-order valence-electron chi connectivity index (χ1n) is 3.36. The van der Waals surface area contributed by atoms with Gasteiger partial charge in [-0.3, -0.25) is 4.79 Å². The minimum absolute atomic E-state index is 0.205. The summed E-state index contributed by atoms with van der Waals surface area (Å²) in [6.07, 6.45) is 0. The highest BCUT2D eigenvalue weighted by molar-refractivity contribution is 6.63. The highest BCUT2D eigenvalue weighted by Crippen LogP contribution is 2.27. The Morgan fingerprint density at radius 3 is 2.62 bits per heavy atom. The highest BCUT2D eigenvalue weighted by Gasteiger charge is 2.03. The van der Waals surface area contributed by atoms with Crippen molar-refractivity contribution in [3.63, 3.8) is 0 Å². The minimum atomic E-state index is -0.578. The molecule has 0 saturated carbocycles. The highest BCUT2D eigenvalue weighted by atomic mass is 35.5. The molecule has 0 aliphatic carbocycles. The van der Waals surface area contributed by atoms with E-state index in [9.17, 15) is 4.79 Å². The molecule has 0 saturated heterocycles. The smallest absolute Gasteiger partial charge is 0.259 e. The van der Waals surface area contributed by atoms with E-state index in [1.54, 1.807) is 12.1 Å². The predicted molar refractivity (Wildman–Crippen MR) is 52.8 cm³/mol. The second kappa shape index (κ2) is 4.70. The van der Waals surface area contributed by atoms with Gasteiger partial charge in [0.2, 0.25) is 0 Å². The van der Waals surface area contributed by atoms with Crippen molar-refractivity contribution in [2.45, 2.75) is 0 Å². The molecule has 0 aliphatic rings. The van der Waals surface area contributed by atoms with E-state index in [1.807, 2.05) is 0 Å². The van der Waals surface area contributed by atoms with Crippen molar-refractivity contribution in [3.8, 4) is 5.75 Å². The van der Waals surface area contributed by atoms with Crippen LogP contribution in [0.5, 0.6) is 5.75 Å². The molecule has 0 unspecified atom stereocenters. The molecule has 0 aromatic heterocycles. The molecule has 0 spiro atoms. The van der Waals surface area contributed by atoms with Crippen LogP contribution < -0.4 is 4.74 Å². The summed E-state index contributed by atoms with van der Waals surface area (Å²) in [4.78, 5) is 10.4. The number of halogens is 3. The Morgan fingerprint density at radius 1 is 1.38 bits per heavy atom. The Bertz CT molecular complexity index is 325. The first-order valence-corrected chi connectivity index (χ1v) is 4.49. The summed E-state index contributed by atoms with van der Waals surface area (Å²) in [5.41, 5.74) is 0. The second-order valence-corrected chi connectivity index (χ2v) is 3.48. The van der Waals surface area contributed by atoms with Gasteiger partial charge >= 0.3 is 0 Å². The molecule has 1 aromatic rings. The van der Waals surface area contributed by atoms with Crippen molar-refractivity contribution in [2.75, 3.05) is 6.61 Å². The van der Waals surface area contributed by atoms with Crippen LogP contribution in [0.2, 0.25) is 10.0 Å². The van der Waals surface area contributed by atoms with Crippen LogP contribution in [0.1, 0.15) is 0 Å². The van der Waals surface area contributed by atoms with Crippen molar-refractivity contribution >= 4 is 40.0 Å². The molecule has 13 heavy (non-hydrogen) atoms. The van der Waals surface area contributed by atoms with E-state index < -0.39 is 5.24 Å². The number of hydrogen-bond acceptors (Lipinski definition) is 2. The molecule has 0 radical (unpaired) electrons. The molecular formula is C8H5Cl3O2. The van der Waals surface area contributed by atoms with Crippen molar-refractivity contribution in [3.05, 3.63) is 28.2 Å². The fraction of sp³-hybridized carbons (Fsp3) is 0.125. The molecule has 0 N–H and O–H groups in total. The summed E-state index contributed by atoms with van der Waals surface area (Å²) in [5, 5.41) is 0.283. The van der Waals surface area contributed by atoms with E-state index in [0.29, 0.717) is 15.8 Å². The molecule has 0 bridgehead atoms. The maximum Gasteiger partial charge on any atom is 0.259 e. The molecule has 70 valence electrons. The Balaban J connectivity index is 2.72. The summed E-state index contributed by atoms with van der Waals surface area (Å²) in [7, 11) is 0. The third kappa shape index (κ3) is 3.43. The molecule has 0 heterocycles. The van der Waals surface area contributed by atoms with Crippen LogP contribution in [0.15, 0.2) is 18.2 Å². The van der Waals surface area contributed by atoms with Crippen molar-refractivity contribution in [1.82, 2.24) is 0 Å². The molecule has 1 rings (SSSR count). The number of carbonyl (C=O) groups excluding carboxylic acids is 1. The summed E-state index contributed by atoms with van der Waals surface area (Å²) >= 11 is 16.5. The summed E-state index contributed by atoms with van der Waals surface area (Å²) in [5.74, 6) is 0.389. The van der Waals surface area contributed by atoms with Crippen LogP contribution in [-0.2, 0) is 4.79 Å². The third-order valence-electron chi connectivity index (χ3n) is 1.24. The largest absolute Gasteiger partial charge is 0.483 e. The van der Waals surface area contributed by atoms with Gasteiger partial charge in [0.15, 0.2) is 6.61 Å². The van der Waals surface area contributed by atoms with E-state index in [0.717, 1.165) is 0 Å². The quantitative estimate of drug-likeness (QED) is 0.758. The van der Waals surface area contributed by atoms with E-state index in [-0.39, 0.29) is 6.61 Å². The lowest BCUT2D eigenvalue weighted by atomic mass is 10.3. The lowest BCUT2D eigenvalue weighted by Crippen LogP contribution is -2.04. The molecule has 5 heteroatoms. The molecular weight excluding hydrogens is 234 g/mol. The van der Waals surface area contributed by atoms with E-state index in [4.69, 9.17) is 39.5 Å². The van der Waals surface area contributed by atoms with E-state index >= 15 is 0 Å². The third-order valence-corrected chi connectivity index (χ3v) is 1.87. The lowest BCUT2D eigenvalue weighted by molar-refractivity contribution is -0.113. The Labute approximate surface area is 90.3 Å². The van der Waals surface area contributed by atoms with Crippen LogP contribution in [0.3, 0.4) is 0 Å². The normalized spacial score (nSPS) is 9.77. The van der Waals surface area contributed by atoms with Gasteiger partial charge in [0.1, 0.15) is 5.75 Å². The van der Waals surface area contributed by atoms with Gasteiger partial charge in [-0.25, -0.2) is 0 Å². The Kier molecular flexibility index (Phi) is 3.85. The zero-order valence-electron chi connectivity index (χ0n) is 6.39. The van der Waals surface area contributed by atoms with Crippen molar-refractivity contribution < 1.29 is 9.53 Å². The van der Waals surface area contributed by atoms with Gasteiger partial charge in [-0.15, -0.1) is 0 Å². The number of ether oxygens (including phenoxy) is 1. The maximum absolute atomic E-state index is 10.4. The summed E-state index contributed by atoms with van der Waals surface area (Å²) in [6.45, 7) is -0.205. The monoisotopic (exact) mass is 238 g/mol. The van der Waals surface area contributed by atoms with Gasteiger partial charge in [-0.05, 0) is 29.8 Å². The number of benzene rings is 1. The lowest BCUT2D eigenvalue weighted by Gasteiger charge is -2.04. The molecule has 0 fully saturated rings. The van der Waals surface area contributed by atoms with E-state index in [1.165, 1.54) is 6.07 Å². The molecule has 2 nitrogen and oxygen atoms in total. The zero-order chi connectivity index (χ0) is 9.84. The predicted octanol–water partition coefficient (Wildman–Crippen LogP) is 3.14. The van der Waals surface area contributed by atoms with Crippen molar-refractivity contribution in [1.29, 1.82) is 0 Å². The number of hydrogen-bond donors (Lipinski definition) is 0. The van der Waals surface area contributed by atoms with Crippen LogP contribution in [-0.4, -0.2) is 11.8 Å². The van der Waals surface area contributed by atoms with Crippen molar-refractivity contribution in [2.24, 2.45) is 0 Å². The zero-order valence-corrected chi connectivity index (χ0v) is 8.66. The molecule has 0 amide bonds. The SMILES string of the molecule is O=C(Cl)COc1ccc(Cl)cc1Cl. The Morgan fingerprint density at radius 2 is 2.08 bits per heavy atom. The first-order chi connectivity index (χ1) is 6.09. The molecule has 0 aliphatic heterocycles.